The zero-order valence-corrected chi connectivity index (χ0v) is 17.9. The molecule has 5 rings (SSSR count). The molecular weight excluding hydrogens is 370 g/mol. The van der Waals surface area contributed by atoms with Gasteiger partial charge in [0.2, 0.25) is 5.91 Å². The molecule has 4 saturated carbocycles. The van der Waals surface area contributed by atoms with Crippen LogP contribution >= 0.6 is 0 Å². The molecule has 0 aliphatic heterocycles. The summed E-state index contributed by atoms with van der Waals surface area (Å²) in [4.78, 5) is 13.0. The normalized spacial score (nSPS) is 33.0. The predicted molar refractivity (Wildman–Crippen MR) is 110 cm³/mol. The number of carbonyl (C=O) groups is 1. The Labute approximate surface area is 168 Å². The summed E-state index contributed by atoms with van der Waals surface area (Å²) in [6, 6.07) is 6.59. The van der Waals surface area contributed by atoms with Gasteiger partial charge in [-0.3, -0.25) is 4.79 Å². The van der Waals surface area contributed by atoms with Crippen LogP contribution in [0.3, 0.4) is 0 Å². The first-order chi connectivity index (χ1) is 13.1. The van der Waals surface area contributed by atoms with Crippen LogP contribution in [0, 0.1) is 23.2 Å². The summed E-state index contributed by atoms with van der Waals surface area (Å²) in [6.45, 7) is 4.08. The lowest BCUT2D eigenvalue weighted by Gasteiger charge is -2.57. The molecule has 0 saturated heterocycles. The molecule has 4 fully saturated rings. The predicted octanol–water partition coefficient (Wildman–Crippen LogP) is 4.43. The van der Waals surface area contributed by atoms with E-state index in [0.29, 0.717) is 4.90 Å². The van der Waals surface area contributed by atoms with Crippen LogP contribution in [-0.2, 0) is 14.6 Å². The molecule has 0 spiro atoms. The van der Waals surface area contributed by atoms with Crippen LogP contribution < -0.4 is 5.32 Å². The molecule has 152 valence electrons. The summed E-state index contributed by atoms with van der Waals surface area (Å²) in [6.07, 6.45) is 11.0. The molecule has 4 bridgehead atoms. The van der Waals surface area contributed by atoms with Gasteiger partial charge in [-0.2, -0.15) is 0 Å². The minimum absolute atomic E-state index is 0.0482. The Morgan fingerprint density at radius 3 is 2.04 bits per heavy atom. The van der Waals surface area contributed by atoms with Crippen molar-refractivity contribution >= 4 is 15.7 Å². The largest absolute Gasteiger partial charge is 0.346 e. The van der Waals surface area contributed by atoms with Crippen molar-refractivity contribution in [3.63, 3.8) is 0 Å². The lowest BCUT2D eigenvalue weighted by atomic mass is 9.48. The number of carbonyl (C=O) groups excluding carboxylic acids is 1. The second-order valence-corrected chi connectivity index (χ2v) is 11.6. The molecule has 0 heterocycles. The van der Waals surface area contributed by atoms with Gasteiger partial charge < -0.3 is 5.32 Å². The van der Waals surface area contributed by atoms with E-state index in [1.165, 1.54) is 50.4 Å². The van der Waals surface area contributed by atoms with Crippen molar-refractivity contribution in [2.75, 3.05) is 6.26 Å². The zero-order chi connectivity index (χ0) is 20.1. The first kappa shape index (κ1) is 19.7. The van der Waals surface area contributed by atoms with Gasteiger partial charge in [0, 0.05) is 12.3 Å². The van der Waals surface area contributed by atoms with Crippen molar-refractivity contribution in [2.45, 2.75) is 63.3 Å². The van der Waals surface area contributed by atoms with E-state index in [1.807, 2.05) is 13.0 Å². The fourth-order valence-electron chi connectivity index (χ4n) is 6.29. The summed E-state index contributed by atoms with van der Waals surface area (Å²) in [7, 11) is -3.20. The molecule has 28 heavy (non-hydrogen) atoms. The average Bonchev–Trinajstić information content (AvgIpc) is 2.59. The maximum Gasteiger partial charge on any atom is 0.244 e. The number of sulfone groups is 1. The minimum Gasteiger partial charge on any atom is -0.346 e. The molecule has 4 aliphatic carbocycles. The van der Waals surface area contributed by atoms with Gasteiger partial charge in [0.05, 0.1) is 10.9 Å². The standard InChI is InChI=1S/C23H31NO3S/c1-15(23-12-17-9-18(13-23)11-19(10-17)14-23)8-22(25)24-16(2)20-4-6-21(7-5-20)28(3,26)27/h4-8,16-19H,9-14H2,1-3H3,(H,24,25). The van der Waals surface area contributed by atoms with Crippen LogP contribution in [0.4, 0.5) is 0 Å². The molecule has 1 unspecified atom stereocenters. The number of nitrogens with one attached hydrogen (secondary N) is 1. The van der Waals surface area contributed by atoms with Gasteiger partial charge in [0.15, 0.2) is 9.84 Å². The quantitative estimate of drug-likeness (QED) is 0.743. The lowest BCUT2D eigenvalue weighted by Crippen LogP contribution is -2.46. The molecule has 1 aromatic rings. The summed E-state index contributed by atoms with van der Waals surface area (Å²) >= 11 is 0. The van der Waals surface area contributed by atoms with Crippen molar-refractivity contribution < 1.29 is 13.2 Å². The Morgan fingerprint density at radius 1 is 1.07 bits per heavy atom. The molecule has 5 heteroatoms. The SMILES string of the molecule is CC(=CC(=O)NC(C)c1ccc(S(C)(=O)=O)cc1)C12CC3CC(CC(C3)C1)C2. The summed E-state index contributed by atoms with van der Waals surface area (Å²) in [5.41, 5.74) is 2.41. The second-order valence-electron chi connectivity index (χ2n) is 9.60. The Kier molecular flexibility index (Phi) is 4.93. The summed E-state index contributed by atoms with van der Waals surface area (Å²) < 4.78 is 23.2. The lowest BCUT2D eigenvalue weighted by molar-refractivity contribution is -0.117. The highest BCUT2D eigenvalue weighted by molar-refractivity contribution is 7.90. The van der Waals surface area contributed by atoms with Crippen molar-refractivity contribution in [3.05, 3.63) is 41.5 Å². The van der Waals surface area contributed by atoms with Crippen LogP contribution in [-0.4, -0.2) is 20.6 Å². The van der Waals surface area contributed by atoms with Gasteiger partial charge >= 0.3 is 0 Å². The van der Waals surface area contributed by atoms with Gasteiger partial charge in [-0.15, -0.1) is 0 Å². The fraction of sp³-hybridized carbons (Fsp3) is 0.609. The highest BCUT2D eigenvalue weighted by atomic mass is 32.2. The monoisotopic (exact) mass is 401 g/mol. The molecular formula is C23H31NO3S. The molecule has 4 nitrogen and oxygen atoms in total. The number of hydrogen-bond donors (Lipinski definition) is 1. The third kappa shape index (κ3) is 3.78. The van der Waals surface area contributed by atoms with Crippen LogP contribution in [0.2, 0.25) is 0 Å². The molecule has 4 aliphatic rings. The van der Waals surface area contributed by atoms with Crippen molar-refractivity contribution in [3.8, 4) is 0 Å². The van der Waals surface area contributed by atoms with E-state index in [9.17, 15) is 13.2 Å². The fourth-order valence-corrected chi connectivity index (χ4v) is 6.92. The van der Waals surface area contributed by atoms with Gasteiger partial charge in [0.25, 0.3) is 0 Å². The highest BCUT2D eigenvalue weighted by Gasteiger charge is 2.51. The van der Waals surface area contributed by atoms with Gasteiger partial charge in [-0.25, -0.2) is 8.42 Å². The molecule has 0 aromatic heterocycles. The Balaban J connectivity index is 1.43. The van der Waals surface area contributed by atoms with E-state index in [1.54, 1.807) is 24.3 Å². The van der Waals surface area contributed by atoms with Crippen LogP contribution in [0.25, 0.3) is 0 Å². The molecule has 0 radical (unpaired) electrons. The van der Waals surface area contributed by atoms with Crippen molar-refractivity contribution in [2.24, 2.45) is 23.2 Å². The third-order valence-corrected chi connectivity index (χ3v) is 8.52. The minimum atomic E-state index is -3.20. The zero-order valence-electron chi connectivity index (χ0n) is 17.1. The molecule has 1 amide bonds. The van der Waals surface area contributed by atoms with E-state index in [0.717, 1.165) is 23.3 Å². The Morgan fingerprint density at radius 2 is 1.57 bits per heavy atom. The van der Waals surface area contributed by atoms with Crippen molar-refractivity contribution in [1.82, 2.24) is 5.32 Å². The van der Waals surface area contributed by atoms with Gasteiger partial charge in [-0.1, -0.05) is 17.7 Å². The van der Waals surface area contributed by atoms with E-state index in [2.05, 4.69) is 12.2 Å². The summed E-state index contributed by atoms with van der Waals surface area (Å²) in [5, 5.41) is 3.05. The maximum atomic E-state index is 12.7. The Hall–Kier alpha value is -1.62. The number of rotatable bonds is 5. The second kappa shape index (κ2) is 7.01. The van der Waals surface area contributed by atoms with E-state index in [4.69, 9.17) is 0 Å². The smallest absolute Gasteiger partial charge is 0.244 e. The number of hydrogen-bond acceptors (Lipinski definition) is 3. The van der Waals surface area contributed by atoms with Crippen molar-refractivity contribution in [1.29, 1.82) is 0 Å². The highest BCUT2D eigenvalue weighted by Crippen LogP contribution is 2.62. The van der Waals surface area contributed by atoms with E-state index in [-0.39, 0.29) is 17.4 Å². The third-order valence-electron chi connectivity index (χ3n) is 7.39. The average molecular weight is 402 g/mol. The van der Waals surface area contributed by atoms with Gasteiger partial charge in [-0.05, 0) is 93.2 Å². The van der Waals surface area contributed by atoms with Crippen LogP contribution in [0.1, 0.15) is 64.0 Å². The van der Waals surface area contributed by atoms with E-state index >= 15 is 0 Å². The number of allylic oxidation sites excluding steroid dienone is 1. The maximum absolute atomic E-state index is 12.7. The van der Waals surface area contributed by atoms with E-state index < -0.39 is 9.84 Å². The molecule has 1 N–H and O–H groups in total. The first-order valence-corrected chi connectivity index (χ1v) is 12.3. The first-order valence-electron chi connectivity index (χ1n) is 10.4. The Bertz CT molecular complexity index is 863. The number of amides is 1. The molecule has 1 aromatic carbocycles. The number of benzene rings is 1. The van der Waals surface area contributed by atoms with Crippen LogP contribution in [0.5, 0.6) is 0 Å². The van der Waals surface area contributed by atoms with Gasteiger partial charge in [0.1, 0.15) is 0 Å². The van der Waals surface area contributed by atoms with Crippen LogP contribution in [0.15, 0.2) is 40.8 Å². The molecule has 1 atom stereocenters. The topological polar surface area (TPSA) is 63.2 Å². The summed E-state index contributed by atoms with van der Waals surface area (Å²) in [5.74, 6) is 2.55.